The van der Waals surface area contributed by atoms with E-state index in [-0.39, 0.29) is 35.5 Å². The first kappa shape index (κ1) is 30.6. The summed E-state index contributed by atoms with van der Waals surface area (Å²) >= 11 is 0. The maximum absolute atomic E-state index is 13.8. The van der Waals surface area contributed by atoms with Crippen LogP contribution in [0.2, 0.25) is 0 Å². The molecule has 4 bridgehead atoms. The minimum Gasteiger partial charge on any atom is -0.478 e. The van der Waals surface area contributed by atoms with Crippen molar-refractivity contribution >= 4 is 17.7 Å². The van der Waals surface area contributed by atoms with E-state index in [1.165, 1.54) is 5.56 Å². The first-order valence-corrected chi connectivity index (χ1v) is 16.7. The maximum Gasteiger partial charge on any atom is 0.270 e. The topological polar surface area (TPSA) is 95.1 Å². The Morgan fingerprint density at radius 1 is 0.864 bits per heavy atom. The van der Waals surface area contributed by atoms with Crippen LogP contribution in [0.25, 0.3) is 0 Å². The van der Waals surface area contributed by atoms with Crippen molar-refractivity contribution in [1.29, 1.82) is 0 Å². The molecule has 5 heterocycles. The average Bonchev–Trinajstić information content (AvgIpc) is 3.59. The molecule has 1 aromatic heterocycles. The molecule has 0 spiro atoms. The lowest BCUT2D eigenvalue weighted by atomic mass is 9.79. The number of likely N-dealkylation sites (tertiary alicyclic amines) is 2. The second-order valence-electron chi connectivity index (χ2n) is 13.2. The molecule has 1 aromatic carbocycles. The van der Waals surface area contributed by atoms with Crippen LogP contribution in [-0.2, 0) is 16.1 Å². The summed E-state index contributed by atoms with van der Waals surface area (Å²) in [6.07, 6.45) is 6.64. The van der Waals surface area contributed by atoms with Crippen LogP contribution in [0, 0.1) is 23.7 Å². The standard InChI is InChI=1S/C35H47N5O4/c41-33(39-16-4-5-17-39)21-28-13-19-40-25-30(28)14-20-44-32-10-6-9-31(37-32)35(43)36-15-11-29-24-38(18-12-27(29)22-34(40)42)23-26-7-2-1-3-8-26/h1-3,6-10,27-30H,4-5,11-25H2,(H,36,43)/t27-,28-,29-,30-/m0/s1. The molecule has 236 valence electrons. The van der Waals surface area contributed by atoms with Gasteiger partial charge in [-0.2, -0.15) is 0 Å². The van der Waals surface area contributed by atoms with Gasteiger partial charge in [-0.15, -0.1) is 0 Å². The molecule has 0 aliphatic carbocycles. The summed E-state index contributed by atoms with van der Waals surface area (Å²) in [4.78, 5) is 51.0. The van der Waals surface area contributed by atoms with E-state index in [1.54, 1.807) is 12.1 Å². The van der Waals surface area contributed by atoms with Gasteiger partial charge in [-0.25, -0.2) is 4.98 Å². The van der Waals surface area contributed by atoms with Gasteiger partial charge in [-0.05, 0) is 80.4 Å². The molecule has 4 atom stereocenters. The number of hydrogen-bond donors (Lipinski definition) is 1. The summed E-state index contributed by atoms with van der Waals surface area (Å²) in [6.45, 7) is 6.86. The molecule has 9 nitrogen and oxygen atoms in total. The second-order valence-corrected chi connectivity index (χ2v) is 13.2. The van der Waals surface area contributed by atoms with Gasteiger partial charge in [0, 0.05) is 64.7 Å². The second kappa shape index (κ2) is 14.5. The number of carbonyl (C=O) groups excluding carboxylic acids is 3. The molecule has 4 aliphatic rings. The Balaban J connectivity index is 1.18. The molecule has 4 aliphatic heterocycles. The highest BCUT2D eigenvalue weighted by molar-refractivity contribution is 5.92. The Morgan fingerprint density at radius 2 is 1.70 bits per heavy atom. The molecule has 6 rings (SSSR count). The molecule has 0 radical (unpaired) electrons. The summed E-state index contributed by atoms with van der Waals surface area (Å²) in [5.74, 6) is 1.71. The molecular weight excluding hydrogens is 554 g/mol. The first-order valence-electron chi connectivity index (χ1n) is 16.7. The predicted molar refractivity (Wildman–Crippen MR) is 168 cm³/mol. The van der Waals surface area contributed by atoms with Crippen LogP contribution >= 0.6 is 0 Å². The number of ether oxygens (including phenoxy) is 1. The highest BCUT2D eigenvalue weighted by Crippen LogP contribution is 2.34. The van der Waals surface area contributed by atoms with E-state index in [1.807, 2.05) is 17.0 Å². The Bertz CT molecular complexity index is 1280. The van der Waals surface area contributed by atoms with E-state index in [4.69, 9.17) is 4.74 Å². The lowest BCUT2D eigenvalue weighted by Crippen LogP contribution is -2.47. The zero-order valence-corrected chi connectivity index (χ0v) is 25.9. The van der Waals surface area contributed by atoms with E-state index >= 15 is 0 Å². The van der Waals surface area contributed by atoms with E-state index < -0.39 is 0 Å². The van der Waals surface area contributed by atoms with Gasteiger partial charge < -0.3 is 19.9 Å². The average molecular weight is 602 g/mol. The molecular formula is C35H47N5O4. The molecule has 3 amide bonds. The number of benzene rings is 1. The zero-order chi connectivity index (χ0) is 30.3. The number of rotatable bonds is 4. The van der Waals surface area contributed by atoms with Crippen molar-refractivity contribution < 1.29 is 19.1 Å². The third kappa shape index (κ3) is 7.78. The van der Waals surface area contributed by atoms with Crippen LogP contribution in [0.1, 0.15) is 67.4 Å². The Morgan fingerprint density at radius 3 is 2.55 bits per heavy atom. The third-order valence-corrected chi connectivity index (χ3v) is 10.3. The Kier molecular flexibility index (Phi) is 10.1. The highest BCUT2D eigenvalue weighted by Gasteiger charge is 2.37. The maximum atomic E-state index is 13.8. The lowest BCUT2D eigenvalue weighted by molar-refractivity contribution is -0.137. The van der Waals surface area contributed by atoms with Crippen molar-refractivity contribution in [3.63, 3.8) is 0 Å². The van der Waals surface area contributed by atoms with Gasteiger partial charge in [0.1, 0.15) is 5.69 Å². The first-order chi connectivity index (χ1) is 21.5. The fourth-order valence-electron chi connectivity index (χ4n) is 7.71. The number of piperidine rings is 2. The molecule has 0 unspecified atom stereocenters. The monoisotopic (exact) mass is 601 g/mol. The van der Waals surface area contributed by atoms with Gasteiger partial charge in [0.2, 0.25) is 17.7 Å². The quantitative estimate of drug-likeness (QED) is 0.570. The van der Waals surface area contributed by atoms with Crippen LogP contribution in [-0.4, -0.2) is 89.8 Å². The van der Waals surface area contributed by atoms with Crippen molar-refractivity contribution in [2.75, 3.05) is 52.4 Å². The smallest absolute Gasteiger partial charge is 0.270 e. The van der Waals surface area contributed by atoms with Crippen LogP contribution in [0.15, 0.2) is 48.5 Å². The number of hydrogen-bond acceptors (Lipinski definition) is 6. The molecule has 0 saturated carbocycles. The van der Waals surface area contributed by atoms with Gasteiger partial charge >= 0.3 is 0 Å². The minimum absolute atomic E-state index is 0.185. The van der Waals surface area contributed by atoms with Crippen molar-refractivity contribution in [2.24, 2.45) is 23.7 Å². The van der Waals surface area contributed by atoms with Gasteiger partial charge in [0.15, 0.2) is 0 Å². The van der Waals surface area contributed by atoms with Crippen LogP contribution in [0.3, 0.4) is 0 Å². The molecule has 9 heteroatoms. The molecule has 3 fully saturated rings. The number of fused-ring (bicyclic) bond motifs is 5. The SMILES string of the molecule is O=C1NCC[C@H]2CN(Cc3ccccc3)CC[C@H]2CC(=O)N2CC[C@@H](CC(=O)N3CCCC3)[C@@H](CCOc3cccc1n3)C2. The Labute approximate surface area is 261 Å². The molecule has 44 heavy (non-hydrogen) atoms. The van der Waals surface area contributed by atoms with Gasteiger partial charge in [0.05, 0.1) is 6.61 Å². The van der Waals surface area contributed by atoms with Crippen LogP contribution < -0.4 is 10.1 Å². The summed E-state index contributed by atoms with van der Waals surface area (Å²) in [6, 6.07) is 15.9. The van der Waals surface area contributed by atoms with Gasteiger partial charge in [0.25, 0.3) is 5.91 Å². The van der Waals surface area contributed by atoms with E-state index in [0.717, 1.165) is 71.2 Å². The molecule has 2 aromatic rings. The lowest BCUT2D eigenvalue weighted by Gasteiger charge is -2.42. The van der Waals surface area contributed by atoms with Crippen molar-refractivity contribution in [2.45, 2.75) is 57.9 Å². The summed E-state index contributed by atoms with van der Waals surface area (Å²) < 4.78 is 6.03. The number of carbonyl (C=O) groups is 3. The number of nitrogens with zero attached hydrogens (tertiary/aromatic N) is 4. The summed E-state index contributed by atoms with van der Waals surface area (Å²) in [5.41, 5.74) is 1.65. The highest BCUT2D eigenvalue weighted by atomic mass is 16.5. The Hall–Kier alpha value is -3.46. The number of nitrogens with one attached hydrogen (secondary N) is 1. The van der Waals surface area contributed by atoms with Gasteiger partial charge in [-0.3, -0.25) is 19.3 Å². The van der Waals surface area contributed by atoms with Gasteiger partial charge in [-0.1, -0.05) is 36.4 Å². The number of aromatic nitrogens is 1. The van der Waals surface area contributed by atoms with Crippen molar-refractivity contribution in [3.8, 4) is 5.88 Å². The van der Waals surface area contributed by atoms with E-state index in [2.05, 4.69) is 44.4 Å². The van der Waals surface area contributed by atoms with Crippen molar-refractivity contribution in [3.05, 3.63) is 59.8 Å². The predicted octanol–water partition coefficient (Wildman–Crippen LogP) is 3.99. The van der Waals surface area contributed by atoms with Crippen molar-refractivity contribution in [1.82, 2.24) is 25.0 Å². The van der Waals surface area contributed by atoms with E-state index in [0.29, 0.717) is 56.6 Å². The third-order valence-electron chi connectivity index (χ3n) is 10.3. The van der Waals surface area contributed by atoms with Crippen LogP contribution in [0.5, 0.6) is 5.88 Å². The molecule has 3 saturated heterocycles. The van der Waals surface area contributed by atoms with E-state index in [9.17, 15) is 14.4 Å². The summed E-state index contributed by atoms with van der Waals surface area (Å²) in [7, 11) is 0. The number of pyridine rings is 1. The van der Waals surface area contributed by atoms with Crippen LogP contribution in [0.4, 0.5) is 0 Å². The molecule has 1 N–H and O–H groups in total. The zero-order valence-electron chi connectivity index (χ0n) is 25.9. The normalized spacial score (nSPS) is 27.2. The fraction of sp³-hybridized carbons (Fsp3) is 0.600. The largest absolute Gasteiger partial charge is 0.478 e. The fourth-order valence-corrected chi connectivity index (χ4v) is 7.71. The summed E-state index contributed by atoms with van der Waals surface area (Å²) in [5, 5.41) is 3.07. The number of amides is 3. The minimum atomic E-state index is -0.202.